The maximum absolute atomic E-state index is 11.6. The van der Waals surface area contributed by atoms with E-state index >= 15 is 0 Å². The maximum Gasteiger partial charge on any atom is 0.275 e. The molecule has 1 N–H and O–H groups in total. The molecule has 13 heavy (non-hydrogen) atoms. The van der Waals surface area contributed by atoms with Gasteiger partial charge in [0.2, 0.25) is 0 Å². The molecule has 2 heterocycles. The second kappa shape index (κ2) is 3.57. The Labute approximate surface area is 75.7 Å². The minimum absolute atomic E-state index is 0.0461. The predicted octanol–water partition coefficient (Wildman–Crippen LogP) is -0.280. The van der Waals surface area contributed by atoms with Crippen LogP contribution in [-0.2, 0) is 0 Å². The molecule has 0 unspecified atom stereocenters. The number of amides is 1. The molecule has 1 aliphatic heterocycles. The van der Waals surface area contributed by atoms with E-state index in [-0.39, 0.29) is 5.91 Å². The third-order valence-electron chi connectivity index (χ3n) is 2.06. The SMILES string of the molecule is O=C(c1cocn1)N1CCNCC1. The predicted molar refractivity (Wildman–Crippen MR) is 45.3 cm³/mol. The highest BCUT2D eigenvalue weighted by molar-refractivity contribution is 5.91. The van der Waals surface area contributed by atoms with Crippen LogP contribution in [0.15, 0.2) is 17.1 Å². The van der Waals surface area contributed by atoms with Crippen molar-refractivity contribution in [1.82, 2.24) is 15.2 Å². The summed E-state index contributed by atoms with van der Waals surface area (Å²) in [4.78, 5) is 17.2. The van der Waals surface area contributed by atoms with Gasteiger partial charge in [0, 0.05) is 26.2 Å². The van der Waals surface area contributed by atoms with Crippen LogP contribution in [0.5, 0.6) is 0 Å². The summed E-state index contributed by atoms with van der Waals surface area (Å²) in [7, 11) is 0. The standard InChI is InChI=1S/C8H11N3O2/c12-8(7-5-13-6-10-7)11-3-1-9-2-4-11/h5-6,9H,1-4H2. The Bertz CT molecular complexity index is 278. The highest BCUT2D eigenvalue weighted by Crippen LogP contribution is 2.02. The monoisotopic (exact) mass is 181 g/mol. The molecule has 0 bridgehead atoms. The smallest absolute Gasteiger partial charge is 0.275 e. The molecule has 1 aliphatic rings. The van der Waals surface area contributed by atoms with Gasteiger partial charge in [-0.3, -0.25) is 4.79 Å². The minimum atomic E-state index is -0.0461. The summed E-state index contributed by atoms with van der Waals surface area (Å²) < 4.78 is 4.75. The van der Waals surface area contributed by atoms with Crippen molar-refractivity contribution in [1.29, 1.82) is 0 Å². The molecule has 0 aliphatic carbocycles. The lowest BCUT2D eigenvalue weighted by molar-refractivity contribution is 0.0730. The summed E-state index contributed by atoms with van der Waals surface area (Å²) in [6.07, 6.45) is 2.65. The molecule has 5 nitrogen and oxygen atoms in total. The molecular formula is C8H11N3O2. The lowest BCUT2D eigenvalue weighted by atomic mass is 10.3. The van der Waals surface area contributed by atoms with E-state index in [1.165, 1.54) is 12.7 Å². The molecule has 0 aromatic carbocycles. The van der Waals surface area contributed by atoms with E-state index in [2.05, 4.69) is 10.3 Å². The summed E-state index contributed by atoms with van der Waals surface area (Å²) in [5.41, 5.74) is 0.391. The van der Waals surface area contributed by atoms with E-state index in [1.807, 2.05) is 0 Å². The van der Waals surface area contributed by atoms with Gasteiger partial charge in [-0.2, -0.15) is 0 Å². The van der Waals surface area contributed by atoms with Crippen LogP contribution < -0.4 is 5.32 Å². The number of nitrogens with zero attached hydrogens (tertiary/aromatic N) is 2. The van der Waals surface area contributed by atoms with Gasteiger partial charge >= 0.3 is 0 Å². The van der Waals surface area contributed by atoms with Crippen molar-refractivity contribution in [3.8, 4) is 0 Å². The van der Waals surface area contributed by atoms with Crippen LogP contribution in [0.4, 0.5) is 0 Å². The summed E-state index contributed by atoms with van der Waals surface area (Å²) in [6, 6.07) is 0. The number of carbonyl (C=O) groups is 1. The lowest BCUT2D eigenvalue weighted by Gasteiger charge is -2.26. The van der Waals surface area contributed by atoms with Crippen molar-refractivity contribution in [3.63, 3.8) is 0 Å². The first-order valence-corrected chi connectivity index (χ1v) is 4.26. The summed E-state index contributed by atoms with van der Waals surface area (Å²) in [5.74, 6) is -0.0461. The number of carbonyl (C=O) groups excluding carboxylic acids is 1. The first-order valence-electron chi connectivity index (χ1n) is 4.26. The van der Waals surface area contributed by atoms with Crippen molar-refractivity contribution >= 4 is 5.91 Å². The largest absolute Gasteiger partial charge is 0.451 e. The van der Waals surface area contributed by atoms with E-state index in [1.54, 1.807) is 4.90 Å². The third-order valence-corrected chi connectivity index (χ3v) is 2.06. The molecule has 1 fully saturated rings. The number of rotatable bonds is 1. The fraction of sp³-hybridized carbons (Fsp3) is 0.500. The highest BCUT2D eigenvalue weighted by Gasteiger charge is 2.19. The number of aromatic nitrogens is 1. The van der Waals surface area contributed by atoms with Gasteiger partial charge in [0.05, 0.1) is 0 Å². The molecule has 1 amide bonds. The average Bonchev–Trinajstić information content (AvgIpc) is 2.71. The molecule has 0 saturated carbocycles. The minimum Gasteiger partial charge on any atom is -0.451 e. The van der Waals surface area contributed by atoms with E-state index < -0.39 is 0 Å². The van der Waals surface area contributed by atoms with Crippen LogP contribution in [0.25, 0.3) is 0 Å². The van der Waals surface area contributed by atoms with Gasteiger partial charge in [0.1, 0.15) is 6.26 Å². The van der Waals surface area contributed by atoms with Crippen molar-refractivity contribution < 1.29 is 9.21 Å². The number of hydrogen-bond donors (Lipinski definition) is 1. The fourth-order valence-corrected chi connectivity index (χ4v) is 1.35. The molecule has 1 aromatic rings. The first kappa shape index (κ1) is 8.25. The molecule has 0 atom stereocenters. The summed E-state index contributed by atoms with van der Waals surface area (Å²) in [5, 5.41) is 3.18. The van der Waals surface area contributed by atoms with Crippen LogP contribution in [0.1, 0.15) is 10.5 Å². The van der Waals surface area contributed by atoms with Crippen LogP contribution in [0.2, 0.25) is 0 Å². The molecule has 2 rings (SSSR count). The molecule has 1 aromatic heterocycles. The van der Waals surface area contributed by atoms with Crippen LogP contribution in [0, 0.1) is 0 Å². The van der Waals surface area contributed by atoms with Gasteiger partial charge < -0.3 is 14.6 Å². The highest BCUT2D eigenvalue weighted by atomic mass is 16.3. The number of oxazole rings is 1. The van der Waals surface area contributed by atoms with Gasteiger partial charge in [-0.05, 0) is 0 Å². The number of nitrogens with one attached hydrogen (secondary N) is 1. The second-order valence-corrected chi connectivity index (χ2v) is 2.92. The Morgan fingerprint density at radius 3 is 2.92 bits per heavy atom. The van der Waals surface area contributed by atoms with E-state index in [0.717, 1.165) is 26.2 Å². The van der Waals surface area contributed by atoms with Crippen LogP contribution in [-0.4, -0.2) is 42.0 Å². The fourth-order valence-electron chi connectivity index (χ4n) is 1.35. The van der Waals surface area contributed by atoms with Crippen molar-refractivity contribution in [2.45, 2.75) is 0 Å². The third kappa shape index (κ3) is 1.70. The zero-order chi connectivity index (χ0) is 9.10. The first-order chi connectivity index (χ1) is 6.38. The zero-order valence-electron chi connectivity index (χ0n) is 7.19. The van der Waals surface area contributed by atoms with E-state index in [0.29, 0.717) is 5.69 Å². The number of hydrogen-bond acceptors (Lipinski definition) is 4. The van der Waals surface area contributed by atoms with Crippen LogP contribution in [0.3, 0.4) is 0 Å². The topological polar surface area (TPSA) is 58.4 Å². The van der Waals surface area contributed by atoms with E-state index in [4.69, 9.17) is 4.42 Å². The average molecular weight is 181 g/mol. The quantitative estimate of drug-likeness (QED) is 0.647. The summed E-state index contributed by atoms with van der Waals surface area (Å²) in [6.45, 7) is 3.19. The van der Waals surface area contributed by atoms with Gasteiger partial charge in [-0.15, -0.1) is 0 Å². The van der Waals surface area contributed by atoms with Crippen LogP contribution >= 0.6 is 0 Å². The van der Waals surface area contributed by atoms with E-state index in [9.17, 15) is 4.79 Å². The Morgan fingerprint density at radius 2 is 2.31 bits per heavy atom. The molecule has 5 heteroatoms. The second-order valence-electron chi connectivity index (χ2n) is 2.92. The van der Waals surface area contributed by atoms with Crippen molar-refractivity contribution in [2.24, 2.45) is 0 Å². The lowest BCUT2D eigenvalue weighted by Crippen LogP contribution is -2.46. The zero-order valence-corrected chi connectivity index (χ0v) is 7.19. The molecule has 1 saturated heterocycles. The van der Waals surface area contributed by atoms with Gasteiger partial charge in [-0.25, -0.2) is 4.98 Å². The summed E-state index contributed by atoms with van der Waals surface area (Å²) >= 11 is 0. The molecule has 0 radical (unpaired) electrons. The number of piperazine rings is 1. The van der Waals surface area contributed by atoms with Crippen molar-refractivity contribution in [2.75, 3.05) is 26.2 Å². The van der Waals surface area contributed by atoms with Gasteiger partial charge in [0.25, 0.3) is 5.91 Å². The molecule has 70 valence electrons. The Balaban J connectivity index is 2.04. The van der Waals surface area contributed by atoms with Crippen molar-refractivity contribution in [3.05, 3.63) is 18.4 Å². The van der Waals surface area contributed by atoms with Gasteiger partial charge in [-0.1, -0.05) is 0 Å². The molecular weight excluding hydrogens is 170 g/mol. The molecule has 0 spiro atoms. The van der Waals surface area contributed by atoms with Gasteiger partial charge in [0.15, 0.2) is 12.1 Å². The Hall–Kier alpha value is -1.36. The maximum atomic E-state index is 11.6. The normalized spacial score (nSPS) is 17.4. The Kier molecular flexibility index (Phi) is 2.27. The Morgan fingerprint density at radius 1 is 1.54 bits per heavy atom.